The van der Waals surface area contributed by atoms with Crippen LogP contribution >= 0.6 is 0 Å². The second-order valence-corrected chi connectivity index (χ2v) is 5.44. The molecular formula is C16H26N4. The molecule has 0 spiro atoms. The molecule has 2 atom stereocenters. The van der Waals surface area contributed by atoms with Crippen molar-refractivity contribution in [3.63, 3.8) is 0 Å². The molecule has 0 fully saturated rings. The third kappa shape index (κ3) is 3.51. The maximum atomic E-state index is 4.65. The summed E-state index contributed by atoms with van der Waals surface area (Å²) in [4.78, 5) is 0. The summed E-state index contributed by atoms with van der Waals surface area (Å²) in [5.74, 6) is 0. The molecule has 4 heteroatoms. The van der Waals surface area contributed by atoms with Gasteiger partial charge in [0, 0.05) is 30.7 Å². The summed E-state index contributed by atoms with van der Waals surface area (Å²) in [6.07, 6.45) is 7.52. The predicted octanol–water partition coefficient (Wildman–Crippen LogP) is 3.37. The average molecular weight is 274 g/mol. The standard InChI is InChI=1S/C16H26N4/c1-5-13(3)20-10-8-16(18-20)12-19-9-7-15(11-19)14(4)17-6-2/h7-11,13-14,17H,5-6,12H2,1-4H3. The van der Waals surface area contributed by atoms with Gasteiger partial charge in [0.15, 0.2) is 0 Å². The third-order valence-electron chi connectivity index (χ3n) is 3.83. The van der Waals surface area contributed by atoms with Gasteiger partial charge in [0.05, 0.1) is 12.2 Å². The summed E-state index contributed by atoms with van der Waals surface area (Å²) in [6, 6.07) is 5.16. The monoisotopic (exact) mass is 274 g/mol. The molecule has 2 aromatic heterocycles. The molecule has 2 rings (SSSR count). The summed E-state index contributed by atoms with van der Waals surface area (Å²) in [5, 5.41) is 8.08. The molecule has 0 aromatic carbocycles. The minimum absolute atomic E-state index is 0.402. The van der Waals surface area contributed by atoms with Crippen molar-refractivity contribution in [3.8, 4) is 0 Å². The van der Waals surface area contributed by atoms with Gasteiger partial charge in [-0.15, -0.1) is 0 Å². The molecule has 0 bridgehead atoms. The molecule has 2 aromatic rings. The molecule has 0 aliphatic heterocycles. The lowest BCUT2D eigenvalue weighted by Gasteiger charge is -2.10. The predicted molar refractivity (Wildman–Crippen MR) is 82.9 cm³/mol. The Kier molecular flexibility index (Phi) is 5.01. The molecule has 0 amide bonds. The molecule has 110 valence electrons. The summed E-state index contributed by atoms with van der Waals surface area (Å²) < 4.78 is 4.26. The summed E-state index contributed by atoms with van der Waals surface area (Å²) in [6.45, 7) is 10.5. The molecule has 0 radical (unpaired) electrons. The zero-order valence-electron chi connectivity index (χ0n) is 13.0. The van der Waals surface area contributed by atoms with Gasteiger partial charge in [-0.05, 0) is 44.5 Å². The van der Waals surface area contributed by atoms with E-state index in [-0.39, 0.29) is 0 Å². The van der Waals surface area contributed by atoms with Gasteiger partial charge in [0.25, 0.3) is 0 Å². The minimum atomic E-state index is 0.402. The first kappa shape index (κ1) is 14.9. The van der Waals surface area contributed by atoms with E-state index in [0.29, 0.717) is 12.1 Å². The van der Waals surface area contributed by atoms with E-state index in [4.69, 9.17) is 0 Å². The first-order valence-corrected chi connectivity index (χ1v) is 7.57. The Balaban J connectivity index is 2.01. The Morgan fingerprint density at radius 1 is 1.20 bits per heavy atom. The molecule has 2 unspecified atom stereocenters. The van der Waals surface area contributed by atoms with E-state index in [9.17, 15) is 0 Å². The van der Waals surface area contributed by atoms with Crippen LogP contribution in [0.15, 0.2) is 30.7 Å². The first-order chi connectivity index (χ1) is 9.63. The Morgan fingerprint density at radius 2 is 2.00 bits per heavy atom. The highest BCUT2D eigenvalue weighted by molar-refractivity contribution is 5.16. The molecule has 4 nitrogen and oxygen atoms in total. The highest BCUT2D eigenvalue weighted by atomic mass is 15.3. The van der Waals surface area contributed by atoms with Crippen LogP contribution in [0.5, 0.6) is 0 Å². The smallest absolute Gasteiger partial charge is 0.0821 e. The number of hydrogen-bond acceptors (Lipinski definition) is 2. The molecule has 0 saturated carbocycles. The topological polar surface area (TPSA) is 34.8 Å². The number of nitrogens with zero attached hydrogens (tertiary/aromatic N) is 3. The maximum absolute atomic E-state index is 4.65. The zero-order chi connectivity index (χ0) is 14.5. The summed E-state index contributed by atoms with van der Waals surface area (Å²) in [5.41, 5.74) is 2.44. The summed E-state index contributed by atoms with van der Waals surface area (Å²) in [7, 11) is 0. The van der Waals surface area contributed by atoms with Crippen LogP contribution in [0.4, 0.5) is 0 Å². The Hall–Kier alpha value is -1.55. The Labute approximate surface area is 121 Å². The van der Waals surface area contributed by atoms with Gasteiger partial charge < -0.3 is 9.88 Å². The fraction of sp³-hybridized carbons (Fsp3) is 0.562. The molecule has 2 heterocycles. The average Bonchev–Trinajstić information content (AvgIpc) is 3.08. The van der Waals surface area contributed by atoms with Crippen molar-refractivity contribution in [1.82, 2.24) is 19.7 Å². The second-order valence-electron chi connectivity index (χ2n) is 5.44. The quantitative estimate of drug-likeness (QED) is 0.840. The van der Waals surface area contributed by atoms with Crippen molar-refractivity contribution < 1.29 is 0 Å². The lowest BCUT2D eigenvalue weighted by atomic mass is 10.2. The fourth-order valence-corrected chi connectivity index (χ4v) is 2.32. The van der Waals surface area contributed by atoms with E-state index in [2.05, 4.69) is 78.1 Å². The SMILES string of the molecule is CCNC(C)c1ccn(Cc2ccn(C(C)CC)n2)c1. The lowest BCUT2D eigenvalue weighted by Crippen LogP contribution is -2.17. The Bertz CT molecular complexity index is 526. The van der Waals surface area contributed by atoms with Crippen molar-refractivity contribution in [3.05, 3.63) is 42.0 Å². The normalized spacial score (nSPS) is 14.4. The van der Waals surface area contributed by atoms with Crippen molar-refractivity contribution >= 4 is 0 Å². The van der Waals surface area contributed by atoms with Crippen LogP contribution in [-0.2, 0) is 6.54 Å². The molecule has 0 aliphatic rings. The van der Waals surface area contributed by atoms with Crippen molar-refractivity contribution in [2.45, 2.75) is 52.7 Å². The minimum Gasteiger partial charge on any atom is -0.348 e. The van der Waals surface area contributed by atoms with E-state index in [1.807, 2.05) is 0 Å². The van der Waals surface area contributed by atoms with Crippen molar-refractivity contribution in [2.75, 3.05) is 6.54 Å². The fourth-order valence-electron chi connectivity index (χ4n) is 2.32. The van der Waals surface area contributed by atoms with Gasteiger partial charge in [0.2, 0.25) is 0 Å². The molecule has 0 saturated heterocycles. The van der Waals surface area contributed by atoms with E-state index in [1.54, 1.807) is 0 Å². The van der Waals surface area contributed by atoms with Gasteiger partial charge in [-0.3, -0.25) is 4.68 Å². The van der Waals surface area contributed by atoms with Crippen LogP contribution in [0.25, 0.3) is 0 Å². The van der Waals surface area contributed by atoms with E-state index in [1.165, 1.54) is 5.56 Å². The van der Waals surface area contributed by atoms with E-state index in [0.717, 1.165) is 25.2 Å². The van der Waals surface area contributed by atoms with Crippen molar-refractivity contribution in [2.24, 2.45) is 0 Å². The van der Waals surface area contributed by atoms with Crippen LogP contribution < -0.4 is 5.32 Å². The van der Waals surface area contributed by atoms with Crippen LogP contribution in [0.2, 0.25) is 0 Å². The van der Waals surface area contributed by atoms with Crippen LogP contribution in [0.3, 0.4) is 0 Å². The van der Waals surface area contributed by atoms with Crippen LogP contribution in [-0.4, -0.2) is 20.9 Å². The van der Waals surface area contributed by atoms with Crippen LogP contribution in [0.1, 0.15) is 57.5 Å². The van der Waals surface area contributed by atoms with Crippen LogP contribution in [0, 0.1) is 0 Å². The zero-order valence-corrected chi connectivity index (χ0v) is 13.0. The first-order valence-electron chi connectivity index (χ1n) is 7.57. The van der Waals surface area contributed by atoms with Crippen molar-refractivity contribution in [1.29, 1.82) is 0 Å². The molecule has 0 aliphatic carbocycles. The number of hydrogen-bond donors (Lipinski definition) is 1. The highest BCUT2D eigenvalue weighted by Gasteiger charge is 2.08. The van der Waals surface area contributed by atoms with Gasteiger partial charge in [-0.25, -0.2) is 0 Å². The second kappa shape index (κ2) is 6.75. The lowest BCUT2D eigenvalue weighted by molar-refractivity contribution is 0.472. The number of aromatic nitrogens is 3. The highest BCUT2D eigenvalue weighted by Crippen LogP contribution is 2.14. The van der Waals surface area contributed by atoms with E-state index < -0.39 is 0 Å². The summed E-state index contributed by atoms with van der Waals surface area (Å²) >= 11 is 0. The Morgan fingerprint density at radius 3 is 2.70 bits per heavy atom. The van der Waals surface area contributed by atoms with Gasteiger partial charge in [-0.1, -0.05) is 13.8 Å². The van der Waals surface area contributed by atoms with Gasteiger partial charge in [-0.2, -0.15) is 5.10 Å². The number of rotatable bonds is 7. The molecular weight excluding hydrogens is 248 g/mol. The number of nitrogens with one attached hydrogen (secondary N) is 1. The molecule has 20 heavy (non-hydrogen) atoms. The largest absolute Gasteiger partial charge is 0.348 e. The van der Waals surface area contributed by atoms with E-state index >= 15 is 0 Å². The third-order valence-corrected chi connectivity index (χ3v) is 3.83. The van der Waals surface area contributed by atoms with Gasteiger partial charge >= 0.3 is 0 Å². The maximum Gasteiger partial charge on any atom is 0.0821 e. The molecule has 1 N–H and O–H groups in total. The van der Waals surface area contributed by atoms with Gasteiger partial charge in [0.1, 0.15) is 0 Å².